The van der Waals surface area contributed by atoms with Crippen molar-refractivity contribution < 1.29 is 9.90 Å². The molecule has 4 N–H and O–H groups in total. The molecule has 20 heavy (non-hydrogen) atoms. The number of anilines is 1. The fourth-order valence-corrected chi connectivity index (χ4v) is 2.98. The summed E-state index contributed by atoms with van der Waals surface area (Å²) in [6, 6.07) is 5.90. The summed E-state index contributed by atoms with van der Waals surface area (Å²) in [6.45, 7) is 5.82. The largest absolute Gasteiger partial charge is 0.397 e. The van der Waals surface area contributed by atoms with Gasteiger partial charge in [0.25, 0.3) is 5.91 Å². The second kappa shape index (κ2) is 5.81. The van der Waals surface area contributed by atoms with Crippen LogP contribution in [0.15, 0.2) is 18.2 Å². The third kappa shape index (κ3) is 2.78. The molecule has 2 unspecified atom stereocenters. The minimum atomic E-state index is -0.172. The lowest BCUT2D eigenvalue weighted by molar-refractivity contribution is 0.0921. The number of aliphatic hydroxyl groups is 1. The van der Waals surface area contributed by atoms with E-state index in [4.69, 9.17) is 10.8 Å². The molecule has 1 heterocycles. The molecule has 1 amide bonds. The van der Waals surface area contributed by atoms with Crippen LogP contribution in [0, 0.1) is 12.8 Å². The van der Waals surface area contributed by atoms with Crippen LogP contribution in [0.4, 0.5) is 5.69 Å². The molecule has 0 aliphatic carbocycles. The van der Waals surface area contributed by atoms with Crippen LogP contribution in [-0.4, -0.2) is 23.7 Å². The molecule has 2 rings (SSSR count). The van der Waals surface area contributed by atoms with Gasteiger partial charge in [-0.1, -0.05) is 18.6 Å². The molecule has 4 nitrogen and oxygen atoms in total. The lowest BCUT2D eigenvalue weighted by Gasteiger charge is -2.18. The van der Waals surface area contributed by atoms with Crippen molar-refractivity contribution in [1.82, 2.24) is 5.32 Å². The number of hydrogen-bond acceptors (Lipinski definition) is 4. The number of nitrogens with two attached hydrogens (primary N) is 1. The quantitative estimate of drug-likeness (QED) is 0.810. The predicted molar refractivity (Wildman–Crippen MR) is 84.2 cm³/mol. The number of nitrogens with one attached hydrogen (secondary N) is 1. The van der Waals surface area contributed by atoms with Crippen LogP contribution >= 0.6 is 11.3 Å². The molecular weight excluding hydrogens is 272 g/mol. The molecule has 0 radical (unpaired) electrons. The minimum absolute atomic E-state index is 0.0109. The van der Waals surface area contributed by atoms with E-state index in [1.165, 1.54) is 11.3 Å². The summed E-state index contributed by atoms with van der Waals surface area (Å²) in [5, 5.41) is 12.9. The Kier molecular flexibility index (Phi) is 4.30. The molecule has 1 aromatic heterocycles. The lowest BCUT2D eigenvalue weighted by atomic mass is 10.1. The molecule has 0 bridgehead atoms. The number of thiophene rings is 1. The molecule has 108 valence electrons. The highest BCUT2D eigenvalue weighted by atomic mass is 32.1. The molecule has 0 saturated carbocycles. The van der Waals surface area contributed by atoms with Crippen molar-refractivity contribution in [3.05, 3.63) is 28.6 Å². The third-order valence-electron chi connectivity index (χ3n) is 3.59. The molecule has 2 aromatic rings. The summed E-state index contributed by atoms with van der Waals surface area (Å²) in [4.78, 5) is 12.8. The predicted octanol–water partition coefficient (Wildman–Crippen LogP) is 2.54. The first-order valence-electron chi connectivity index (χ1n) is 6.64. The van der Waals surface area contributed by atoms with E-state index in [2.05, 4.69) is 5.32 Å². The van der Waals surface area contributed by atoms with Crippen molar-refractivity contribution in [1.29, 1.82) is 0 Å². The van der Waals surface area contributed by atoms with E-state index < -0.39 is 0 Å². The van der Waals surface area contributed by atoms with Gasteiger partial charge in [0.05, 0.1) is 5.69 Å². The van der Waals surface area contributed by atoms with Crippen LogP contribution in [-0.2, 0) is 0 Å². The Morgan fingerprint density at radius 2 is 2.15 bits per heavy atom. The van der Waals surface area contributed by atoms with Crippen LogP contribution in [0.5, 0.6) is 0 Å². The van der Waals surface area contributed by atoms with Crippen LogP contribution in [0.1, 0.15) is 29.1 Å². The number of hydrogen-bond donors (Lipinski definition) is 3. The highest BCUT2D eigenvalue weighted by Crippen LogP contribution is 2.34. The minimum Gasteiger partial charge on any atom is -0.397 e. The summed E-state index contributed by atoms with van der Waals surface area (Å²) in [5.41, 5.74) is 7.75. The SMILES string of the molecule is Cc1ccc2sc(C(=O)NC(C)C(C)CO)c(N)c2c1. The summed E-state index contributed by atoms with van der Waals surface area (Å²) >= 11 is 1.40. The van der Waals surface area contributed by atoms with Gasteiger partial charge in [-0.2, -0.15) is 0 Å². The van der Waals surface area contributed by atoms with Gasteiger partial charge < -0.3 is 16.2 Å². The van der Waals surface area contributed by atoms with E-state index in [1.807, 2.05) is 39.0 Å². The van der Waals surface area contributed by atoms with Gasteiger partial charge in [0.15, 0.2) is 0 Å². The number of carbonyl (C=O) groups excluding carboxylic acids is 1. The van der Waals surface area contributed by atoms with Crippen LogP contribution in [0.2, 0.25) is 0 Å². The zero-order valence-corrected chi connectivity index (χ0v) is 12.8. The van der Waals surface area contributed by atoms with Crippen LogP contribution in [0.25, 0.3) is 10.1 Å². The molecule has 0 aliphatic heterocycles. The first-order valence-corrected chi connectivity index (χ1v) is 7.46. The molecule has 5 heteroatoms. The number of fused-ring (bicyclic) bond motifs is 1. The molecule has 0 fully saturated rings. The first kappa shape index (κ1) is 14.8. The lowest BCUT2D eigenvalue weighted by Crippen LogP contribution is -2.38. The van der Waals surface area contributed by atoms with Gasteiger partial charge in [-0.15, -0.1) is 11.3 Å². The van der Waals surface area contributed by atoms with Gasteiger partial charge in [-0.3, -0.25) is 4.79 Å². The number of amides is 1. The monoisotopic (exact) mass is 292 g/mol. The standard InChI is InChI=1S/C15H20N2O2S/c1-8-4-5-12-11(6-8)13(16)14(20-12)15(19)17-10(3)9(2)7-18/h4-6,9-10,18H,7,16H2,1-3H3,(H,17,19). The molecular formula is C15H20N2O2S. The highest BCUT2D eigenvalue weighted by molar-refractivity contribution is 7.21. The Labute approximate surface area is 122 Å². The number of benzene rings is 1. The van der Waals surface area contributed by atoms with Gasteiger partial charge in [-0.05, 0) is 31.9 Å². The number of aliphatic hydroxyl groups excluding tert-OH is 1. The smallest absolute Gasteiger partial charge is 0.263 e. The van der Waals surface area contributed by atoms with Gasteiger partial charge >= 0.3 is 0 Å². The van der Waals surface area contributed by atoms with E-state index in [0.29, 0.717) is 10.6 Å². The molecule has 1 aromatic carbocycles. The topological polar surface area (TPSA) is 75.3 Å². The van der Waals surface area contributed by atoms with Gasteiger partial charge in [0.2, 0.25) is 0 Å². The third-order valence-corrected chi connectivity index (χ3v) is 4.77. The van der Waals surface area contributed by atoms with Crippen molar-refractivity contribution in [2.75, 3.05) is 12.3 Å². The molecule has 0 aliphatic rings. The van der Waals surface area contributed by atoms with E-state index in [-0.39, 0.29) is 24.5 Å². The van der Waals surface area contributed by atoms with E-state index in [0.717, 1.165) is 15.6 Å². The first-order chi connectivity index (χ1) is 9.43. The maximum atomic E-state index is 12.3. The number of rotatable bonds is 4. The Morgan fingerprint density at radius 3 is 2.80 bits per heavy atom. The maximum Gasteiger partial charge on any atom is 0.263 e. The van der Waals surface area contributed by atoms with E-state index in [9.17, 15) is 4.79 Å². The average Bonchev–Trinajstić information content (AvgIpc) is 2.75. The number of aryl methyl sites for hydroxylation is 1. The Balaban J connectivity index is 2.29. The summed E-state index contributed by atoms with van der Waals surface area (Å²) in [7, 11) is 0. The fraction of sp³-hybridized carbons (Fsp3) is 0.400. The maximum absolute atomic E-state index is 12.3. The van der Waals surface area contributed by atoms with Gasteiger partial charge in [-0.25, -0.2) is 0 Å². The van der Waals surface area contributed by atoms with Crippen molar-refractivity contribution >= 4 is 33.0 Å². The Morgan fingerprint density at radius 1 is 1.45 bits per heavy atom. The number of carbonyl (C=O) groups is 1. The molecule has 0 saturated heterocycles. The normalized spacial score (nSPS) is 14.2. The second-order valence-electron chi connectivity index (χ2n) is 5.27. The molecule has 0 spiro atoms. The van der Waals surface area contributed by atoms with Crippen molar-refractivity contribution in [3.8, 4) is 0 Å². The van der Waals surface area contributed by atoms with Crippen molar-refractivity contribution in [2.24, 2.45) is 5.92 Å². The average molecular weight is 292 g/mol. The van der Waals surface area contributed by atoms with Crippen molar-refractivity contribution in [3.63, 3.8) is 0 Å². The molecule has 2 atom stereocenters. The summed E-state index contributed by atoms with van der Waals surface area (Å²) in [6.07, 6.45) is 0. The zero-order chi connectivity index (χ0) is 14.9. The van der Waals surface area contributed by atoms with E-state index in [1.54, 1.807) is 0 Å². The van der Waals surface area contributed by atoms with Gasteiger partial charge in [0, 0.05) is 22.7 Å². The number of nitrogen functional groups attached to an aromatic ring is 1. The summed E-state index contributed by atoms with van der Waals surface area (Å²) < 4.78 is 1.01. The van der Waals surface area contributed by atoms with Crippen molar-refractivity contribution in [2.45, 2.75) is 26.8 Å². The van der Waals surface area contributed by atoms with Gasteiger partial charge in [0.1, 0.15) is 4.88 Å². The second-order valence-corrected chi connectivity index (χ2v) is 6.32. The summed E-state index contributed by atoms with van der Waals surface area (Å²) in [5.74, 6) is -0.161. The van der Waals surface area contributed by atoms with Crippen LogP contribution in [0.3, 0.4) is 0 Å². The Bertz CT molecular complexity index is 636. The zero-order valence-electron chi connectivity index (χ0n) is 11.9. The highest BCUT2D eigenvalue weighted by Gasteiger charge is 2.20. The van der Waals surface area contributed by atoms with E-state index >= 15 is 0 Å². The fourth-order valence-electron chi connectivity index (χ4n) is 1.97. The Hall–Kier alpha value is -1.59. The van der Waals surface area contributed by atoms with Crippen LogP contribution < -0.4 is 11.1 Å².